The maximum absolute atomic E-state index is 12.5. The minimum Gasteiger partial charge on any atom is -0.395 e. The topological polar surface area (TPSA) is 55.8 Å². The van der Waals surface area contributed by atoms with Crippen LogP contribution in [0.15, 0.2) is 0 Å². The quantitative estimate of drug-likeness (QED) is 0.742. The van der Waals surface area contributed by atoms with Crippen molar-refractivity contribution < 1.29 is 9.90 Å². The van der Waals surface area contributed by atoms with Crippen molar-refractivity contribution in [2.75, 3.05) is 52.1 Å². The van der Waals surface area contributed by atoms with Gasteiger partial charge in [0.15, 0.2) is 0 Å². The third-order valence-corrected chi connectivity index (χ3v) is 5.88. The first-order valence-corrected chi connectivity index (χ1v) is 9.16. The van der Waals surface area contributed by atoms with Crippen molar-refractivity contribution in [1.29, 1.82) is 0 Å². The first-order chi connectivity index (χ1) is 10.2. The first-order valence-electron chi connectivity index (χ1n) is 8.12. The lowest BCUT2D eigenvalue weighted by molar-refractivity contribution is -0.132. The average Bonchev–Trinajstić information content (AvgIpc) is 2.52. The number of amides is 1. The van der Waals surface area contributed by atoms with Crippen molar-refractivity contribution in [3.63, 3.8) is 0 Å². The molecule has 2 heterocycles. The molecule has 2 saturated heterocycles. The second-order valence-electron chi connectivity index (χ2n) is 6.11. The molecule has 2 rings (SSSR count). The lowest BCUT2D eigenvalue weighted by Gasteiger charge is -2.37. The average molecular weight is 315 g/mol. The fourth-order valence-corrected chi connectivity index (χ4v) is 4.27. The predicted octanol–water partition coefficient (Wildman–Crippen LogP) is 0.387. The minimum atomic E-state index is 0.0656. The van der Waals surface area contributed by atoms with Crippen LogP contribution in [0.25, 0.3) is 0 Å². The van der Waals surface area contributed by atoms with Crippen LogP contribution in [0.3, 0.4) is 0 Å². The van der Waals surface area contributed by atoms with E-state index in [-0.39, 0.29) is 12.5 Å². The van der Waals surface area contributed by atoms with Gasteiger partial charge < -0.3 is 20.2 Å². The van der Waals surface area contributed by atoms with Crippen molar-refractivity contribution in [3.8, 4) is 0 Å². The largest absolute Gasteiger partial charge is 0.395 e. The lowest BCUT2D eigenvalue weighted by Crippen LogP contribution is -2.48. The maximum Gasteiger partial charge on any atom is 0.232 e. The maximum atomic E-state index is 12.5. The molecule has 2 aliphatic rings. The molecule has 0 saturated carbocycles. The Morgan fingerprint density at radius 2 is 1.95 bits per heavy atom. The van der Waals surface area contributed by atoms with Gasteiger partial charge in [-0.25, -0.2) is 0 Å². The van der Waals surface area contributed by atoms with Gasteiger partial charge in [0.25, 0.3) is 0 Å². The summed E-state index contributed by atoms with van der Waals surface area (Å²) < 4.78 is 0. The number of thioether (sulfide) groups is 1. The summed E-state index contributed by atoms with van der Waals surface area (Å²) in [5.74, 6) is 0.777. The fourth-order valence-electron chi connectivity index (χ4n) is 3.16. The minimum absolute atomic E-state index is 0.0656. The second kappa shape index (κ2) is 8.98. The van der Waals surface area contributed by atoms with Crippen LogP contribution >= 0.6 is 11.8 Å². The number of nitrogens with zero attached hydrogens (tertiary/aromatic N) is 2. The van der Waals surface area contributed by atoms with Crippen molar-refractivity contribution >= 4 is 17.7 Å². The van der Waals surface area contributed by atoms with Gasteiger partial charge in [-0.05, 0) is 58.9 Å². The summed E-state index contributed by atoms with van der Waals surface area (Å²) in [5.41, 5.74) is 0. The Balaban J connectivity index is 1.80. The van der Waals surface area contributed by atoms with E-state index in [4.69, 9.17) is 0 Å². The Kier molecular flexibility index (Phi) is 7.29. The highest BCUT2D eigenvalue weighted by molar-refractivity contribution is 8.00. The van der Waals surface area contributed by atoms with Crippen LogP contribution in [0, 0.1) is 0 Å². The smallest absolute Gasteiger partial charge is 0.232 e. The van der Waals surface area contributed by atoms with Crippen molar-refractivity contribution in [3.05, 3.63) is 0 Å². The number of nitrogens with one attached hydrogen (secondary N) is 1. The second-order valence-corrected chi connectivity index (χ2v) is 7.39. The highest BCUT2D eigenvalue weighted by Crippen LogP contribution is 2.22. The molecule has 5 nitrogen and oxygen atoms in total. The molecule has 0 aliphatic carbocycles. The number of hydrogen-bond acceptors (Lipinski definition) is 5. The summed E-state index contributed by atoms with van der Waals surface area (Å²) in [6.45, 7) is 4.78. The number of carbonyl (C=O) groups is 1. The summed E-state index contributed by atoms with van der Waals surface area (Å²) >= 11 is 1.80. The van der Waals surface area contributed by atoms with Gasteiger partial charge in [0, 0.05) is 17.8 Å². The van der Waals surface area contributed by atoms with Crippen molar-refractivity contribution in [1.82, 2.24) is 15.1 Å². The summed E-state index contributed by atoms with van der Waals surface area (Å²) in [7, 11) is 2.13. The molecule has 1 amide bonds. The van der Waals surface area contributed by atoms with Crippen LogP contribution in [0.2, 0.25) is 0 Å². The highest BCUT2D eigenvalue weighted by Gasteiger charge is 2.27. The van der Waals surface area contributed by atoms with E-state index in [1.54, 1.807) is 11.8 Å². The van der Waals surface area contributed by atoms with Crippen LogP contribution in [-0.4, -0.2) is 84.2 Å². The van der Waals surface area contributed by atoms with Crippen LogP contribution < -0.4 is 5.32 Å². The van der Waals surface area contributed by atoms with Crippen LogP contribution in [0.4, 0.5) is 0 Å². The zero-order chi connectivity index (χ0) is 15.1. The van der Waals surface area contributed by atoms with Crippen molar-refractivity contribution in [2.24, 2.45) is 0 Å². The predicted molar refractivity (Wildman–Crippen MR) is 87.7 cm³/mol. The Morgan fingerprint density at radius 1 is 1.29 bits per heavy atom. The number of likely N-dealkylation sites (tertiary alicyclic amines) is 1. The van der Waals surface area contributed by atoms with E-state index in [1.807, 2.05) is 4.90 Å². The highest BCUT2D eigenvalue weighted by atomic mass is 32.2. The number of piperidine rings is 2. The molecule has 0 aromatic carbocycles. The first kappa shape index (κ1) is 17.1. The number of hydrogen-bond donors (Lipinski definition) is 2. The summed E-state index contributed by atoms with van der Waals surface area (Å²) in [6, 6.07) is 0.314. The van der Waals surface area contributed by atoms with Crippen LogP contribution in [0.5, 0.6) is 0 Å². The molecule has 0 atom stereocenters. The molecule has 6 heteroatoms. The molecule has 122 valence electrons. The molecule has 0 radical (unpaired) electrons. The van der Waals surface area contributed by atoms with E-state index in [2.05, 4.69) is 17.3 Å². The van der Waals surface area contributed by atoms with Gasteiger partial charge >= 0.3 is 0 Å². The molecular weight excluding hydrogens is 286 g/mol. The molecule has 2 N–H and O–H groups in total. The van der Waals surface area contributed by atoms with Crippen LogP contribution in [0.1, 0.15) is 25.7 Å². The molecule has 0 unspecified atom stereocenters. The van der Waals surface area contributed by atoms with E-state index < -0.39 is 0 Å². The van der Waals surface area contributed by atoms with Gasteiger partial charge in [-0.2, -0.15) is 0 Å². The van der Waals surface area contributed by atoms with Gasteiger partial charge in [-0.1, -0.05) is 0 Å². The van der Waals surface area contributed by atoms with Crippen LogP contribution in [-0.2, 0) is 4.79 Å². The molecule has 21 heavy (non-hydrogen) atoms. The van der Waals surface area contributed by atoms with E-state index in [9.17, 15) is 9.90 Å². The molecule has 0 aromatic heterocycles. The fraction of sp³-hybridized carbons (Fsp3) is 0.933. The molecule has 0 spiro atoms. The Hall–Kier alpha value is -0.300. The van der Waals surface area contributed by atoms with Gasteiger partial charge in [-0.3, -0.25) is 4.79 Å². The molecule has 0 bridgehead atoms. The Bertz CT molecular complexity index is 316. The number of aliphatic hydroxyl groups excluding tert-OH is 1. The van der Waals surface area contributed by atoms with E-state index in [1.165, 1.54) is 0 Å². The molecule has 0 aromatic rings. The van der Waals surface area contributed by atoms with Crippen molar-refractivity contribution in [2.45, 2.75) is 37.0 Å². The number of aliphatic hydroxyl groups is 1. The third kappa shape index (κ3) is 5.43. The zero-order valence-corrected chi connectivity index (χ0v) is 13.9. The normalized spacial score (nSPS) is 22.4. The Labute approximate surface area is 132 Å². The summed E-state index contributed by atoms with van der Waals surface area (Å²) in [6.07, 6.45) is 4.37. The summed E-state index contributed by atoms with van der Waals surface area (Å²) in [4.78, 5) is 16.8. The van der Waals surface area contributed by atoms with E-state index in [0.717, 1.165) is 51.9 Å². The van der Waals surface area contributed by atoms with Gasteiger partial charge in [-0.15, -0.1) is 11.8 Å². The van der Waals surface area contributed by atoms with E-state index >= 15 is 0 Å². The monoisotopic (exact) mass is 315 g/mol. The van der Waals surface area contributed by atoms with Gasteiger partial charge in [0.2, 0.25) is 5.91 Å². The zero-order valence-electron chi connectivity index (χ0n) is 13.1. The molecular formula is C15H29N3O2S. The SMILES string of the molecule is CN1CCC(N(CCO)C(=O)CSC2CCNCC2)CC1. The van der Waals surface area contributed by atoms with Gasteiger partial charge in [0.1, 0.15) is 0 Å². The number of carbonyl (C=O) groups excluding carboxylic acids is 1. The summed E-state index contributed by atoms with van der Waals surface area (Å²) in [5, 5.41) is 13.2. The third-order valence-electron chi connectivity index (χ3n) is 4.52. The lowest BCUT2D eigenvalue weighted by atomic mass is 10.0. The Morgan fingerprint density at radius 3 is 2.57 bits per heavy atom. The molecule has 2 aliphatic heterocycles. The van der Waals surface area contributed by atoms with E-state index in [0.29, 0.717) is 23.6 Å². The molecule has 2 fully saturated rings. The standard InChI is InChI=1S/C15H29N3O2S/c1-17-8-4-13(5-9-17)18(10-11-19)15(20)12-21-14-2-6-16-7-3-14/h13-14,16,19H,2-12H2,1H3. The number of rotatable bonds is 6. The van der Waals surface area contributed by atoms with Gasteiger partial charge in [0.05, 0.1) is 12.4 Å².